The summed E-state index contributed by atoms with van der Waals surface area (Å²) in [7, 11) is 0. The maximum atomic E-state index is 13.5. The van der Waals surface area contributed by atoms with Crippen LogP contribution >= 0.6 is 34.5 Å². The molecule has 2 aromatic heterocycles. The number of aromatic amines is 1. The van der Waals surface area contributed by atoms with E-state index in [9.17, 15) is 4.39 Å². The zero-order valence-electron chi connectivity index (χ0n) is 9.19. The van der Waals surface area contributed by atoms with Crippen LogP contribution in [0.1, 0.15) is 0 Å². The maximum absolute atomic E-state index is 13.5. The van der Waals surface area contributed by atoms with Gasteiger partial charge in [0.05, 0.1) is 15.7 Å². The molecule has 19 heavy (non-hydrogen) atoms. The Bertz CT molecular complexity index is 726. The van der Waals surface area contributed by atoms with Crippen LogP contribution < -0.4 is 0 Å². The quantitative estimate of drug-likeness (QED) is 0.726. The van der Waals surface area contributed by atoms with E-state index in [-0.39, 0.29) is 5.02 Å². The van der Waals surface area contributed by atoms with Crippen LogP contribution in [0.3, 0.4) is 0 Å². The molecule has 0 aliphatic heterocycles. The van der Waals surface area contributed by atoms with E-state index >= 15 is 0 Å². The van der Waals surface area contributed by atoms with Crippen molar-refractivity contribution in [2.45, 2.75) is 0 Å². The Morgan fingerprint density at radius 2 is 2.05 bits per heavy atom. The van der Waals surface area contributed by atoms with Gasteiger partial charge in [-0.15, -0.1) is 11.3 Å². The van der Waals surface area contributed by atoms with Gasteiger partial charge < -0.3 is 0 Å². The lowest BCUT2D eigenvalue weighted by atomic mass is 10.2. The number of nitrogens with zero attached hydrogens (tertiary/aromatic N) is 3. The zero-order valence-corrected chi connectivity index (χ0v) is 11.5. The van der Waals surface area contributed by atoms with E-state index < -0.39 is 5.82 Å². The van der Waals surface area contributed by atoms with E-state index in [1.54, 1.807) is 5.38 Å². The van der Waals surface area contributed by atoms with Crippen molar-refractivity contribution >= 4 is 34.5 Å². The molecule has 0 radical (unpaired) electrons. The molecular formula is C11H5Cl2FN4S. The van der Waals surface area contributed by atoms with Crippen LogP contribution in [0, 0.1) is 5.82 Å². The second-order valence-electron chi connectivity index (χ2n) is 3.62. The number of H-pyrrole nitrogens is 1. The minimum atomic E-state index is -0.532. The molecule has 0 bridgehead atoms. The van der Waals surface area contributed by atoms with Crippen LogP contribution in [-0.2, 0) is 0 Å². The Labute approximate surface area is 121 Å². The maximum Gasteiger partial charge on any atom is 0.184 e. The van der Waals surface area contributed by atoms with Gasteiger partial charge in [0.1, 0.15) is 12.1 Å². The van der Waals surface area contributed by atoms with Crippen LogP contribution in [0.25, 0.3) is 22.1 Å². The highest BCUT2D eigenvalue weighted by molar-refractivity contribution is 7.13. The smallest absolute Gasteiger partial charge is 0.184 e. The molecule has 2 heterocycles. The minimum Gasteiger partial charge on any atom is -0.257 e. The summed E-state index contributed by atoms with van der Waals surface area (Å²) < 4.78 is 13.5. The molecule has 0 aliphatic carbocycles. The first-order chi connectivity index (χ1) is 9.15. The molecule has 0 fully saturated rings. The van der Waals surface area contributed by atoms with E-state index in [1.807, 2.05) is 0 Å². The van der Waals surface area contributed by atoms with Crippen LogP contribution in [0.5, 0.6) is 0 Å². The largest absolute Gasteiger partial charge is 0.257 e. The Morgan fingerprint density at radius 3 is 2.79 bits per heavy atom. The molecule has 8 heteroatoms. The summed E-state index contributed by atoms with van der Waals surface area (Å²) in [6.07, 6.45) is 1.39. The molecule has 1 aromatic carbocycles. The highest BCUT2D eigenvalue weighted by Gasteiger charge is 2.13. The number of halogens is 3. The third-order valence-corrected chi connectivity index (χ3v) is 3.86. The number of rotatable bonds is 2. The van der Waals surface area contributed by atoms with Crippen LogP contribution in [0.4, 0.5) is 4.39 Å². The van der Waals surface area contributed by atoms with E-state index in [1.165, 1.54) is 29.8 Å². The van der Waals surface area contributed by atoms with Gasteiger partial charge in [-0.2, -0.15) is 5.10 Å². The lowest BCUT2D eigenvalue weighted by Crippen LogP contribution is -1.85. The summed E-state index contributed by atoms with van der Waals surface area (Å²) in [5.41, 5.74) is 1.06. The first-order valence-corrected chi connectivity index (χ1v) is 6.75. The molecule has 3 rings (SSSR count). The fourth-order valence-corrected chi connectivity index (χ4v) is 2.78. The number of aromatic nitrogens is 4. The van der Waals surface area contributed by atoms with Crippen LogP contribution in [0.15, 0.2) is 23.8 Å². The van der Waals surface area contributed by atoms with Gasteiger partial charge in [-0.25, -0.2) is 14.4 Å². The van der Waals surface area contributed by atoms with E-state index in [0.717, 1.165) is 0 Å². The van der Waals surface area contributed by atoms with Crippen LogP contribution in [-0.4, -0.2) is 20.2 Å². The van der Waals surface area contributed by atoms with Crippen molar-refractivity contribution < 1.29 is 4.39 Å². The minimum absolute atomic E-state index is 0.0144. The average Bonchev–Trinajstić information content (AvgIpc) is 3.03. The van der Waals surface area contributed by atoms with E-state index in [0.29, 0.717) is 27.1 Å². The predicted octanol–water partition coefficient (Wildman–Crippen LogP) is 4.04. The van der Waals surface area contributed by atoms with Crippen molar-refractivity contribution in [3.05, 3.63) is 39.7 Å². The summed E-state index contributed by atoms with van der Waals surface area (Å²) in [5, 5.41) is 9.22. The van der Waals surface area contributed by atoms with Gasteiger partial charge in [-0.05, 0) is 12.1 Å². The van der Waals surface area contributed by atoms with Crippen molar-refractivity contribution in [2.75, 3.05) is 0 Å². The van der Waals surface area contributed by atoms with Gasteiger partial charge >= 0.3 is 0 Å². The Balaban J connectivity index is 2.06. The molecule has 0 spiro atoms. The fourth-order valence-electron chi connectivity index (χ4n) is 1.53. The lowest BCUT2D eigenvalue weighted by molar-refractivity contribution is 0.629. The van der Waals surface area contributed by atoms with Gasteiger partial charge in [0.2, 0.25) is 0 Å². The summed E-state index contributed by atoms with van der Waals surface area (Å²) in [6.45, 7) is 0. The second kappa shape index (κ2) is 4.88. The van der Waals surface area contributed by atoms with Crippen molar-refractivity contribution in [1.82, 2.24) is 20.2 Å². The summed E-state index contributed by atoms with van der Waals surface area (Å²) in [4.78, 5) is 8.35. The van der Waals surface area contributed by atoms with E-state index in [2.05, 4.69) is 20.2 Å². The van der Waals surface area contributed by atoms with Crippen molar-refractivity contribution in [2.24, 2.45) is 0 Å². The van der Waals surface area contributed by atoms with Gasteiger partial charge in [0, 0.05) is 10.9 Å². The summed E-state index contributed by atoms with van der Waals surface area (Å²) in [6, 6.07) is 2.63. The molecule has 96 valence electrons. The van der Waals surface area contributed by atoms with Crippen LogP contribution in [0.2, 0.25) is 10.0 Å². The first-order valence-electron chi connectivity index (χ1n) is 5.11. The molecule has 1 N–H and O–H groups in total. The number of hydrogen-bond acceptors (Lipinski definition) is 4. The lowest BCUT2D eigenvalue weighted by Gasteiger charge is -2.02. The highest BCUT2D eigenvalue weighted by atomic mass is 35.5. The Morgan fingerprint density at radius 1 is 1.21 bits per heavy atom. The number of benzene rings is 1. The zero-order chi connectivity index (χ0) is 13.4. The Hall–Kier alpha value is -1.50. The molecular weight excluding hydrogens is 310 g/mol. The molecule has 0 saturated heterocycles. The first kappa shape index (κ1) is 12.5. The highest BCUT2D eigenvalue weighted by Crippen LogP contribution is 2.34. The van der Waals surface area contributed by atoms with E-state index in [4.69, 9.17) is 23.2 Å². The summed E-state index contributed by atoms with van der Waals surface area (Å²) >= 11 is 13.1. The van der Waals surface area contributed by atoms with Gasteiger partial charge in [-0.3, -0.25) is 5.10 Å². The normalized spacial score (nSPS) is 10.9. The third-order valence-electron chi connectivity index (χ3n) is 2.41. The SMILES string of the molecule is Fc1cc(-c2csc(-c3ncn[nH]3)n2)c(Cl)cc1Cl. The van der Waals surface area contributed by atoms with Crippen molar-refractivity contribution in [1.29, 1.82) is 0 Å². The topological polar surface area (TPSA) is 54.5 Å². The number of nitrogens with one attached hydrogen (secondary N) is 1. The fraction of sp³-hybridized carbons (Fsp3) is 0. The molecule has 0 unspecified atom stereocenters. The molecule has 0 aliphatic rings. The summed E-state index contributed by atoms with van der Waals surface area (Å²) in [5.74, 6) is 0.0251. The Kier molecular flexibility index (Phi) is 3.22. The van der Waals surface area contributed by atoms with Gasteiger partial charge in [0.25, 0.3) is 0 Å². The van der Waals surface area contributed by atoms with Gasteiger partial charge in [-0.1, -0.05) is 23.2 Å². The molecule has 4 nitrogen and oxygen atoms in total. The number of hydrogen-bond donors (Lipinski definition) is 1. The molecule has 0 saturated carbocycles. The standard InChI is InChI=1S/C11H5Cl2FN4S/c12-6-2-7(13)8(14)1-5(6)9-3-19-11(17-9)10-15-4-16-18-10/h1-4H,(H,15,16,18). The molecule has 0 atom stereocenters. The van der Waals surface area contributed by atoms with Gasteiger partial charge in [0.15, 0.2) is 10.8 Å². The predicted molar refractivity (Wildman–Crippen MR) is 72.9 cm³/mol. The molecule has 0 amide bonds. The monoisotopic (exact) mass is 314 g/mol. The van der Waals surface area contributed by atoms with Crippen molar-refractivity contribution in [3.8, 4) is 22.1 Å². The average molecular weight is 315 g/mol. The third kappa shape index (κ3) is 2.34. The second-order valence-corrected chi connectivity index (χ2v) is 5.29. The van der Waals surface area contributed by atoms with Crippen molar-refractivity contribution in [3.63, 3.8) is 0 Å². The molecule has 3 aromatic rings. The number of thiazole rings is 1.